The highest BCUT2D eigenvalue weighted by Crippen LogP contribution is 2.09. The number of nitrogens with one attached hydrogen (secondary N) is 2. The maximum absolute atomic E-state index is 11.3. The highest BCUT2D eigenvalue weighted by Gasteiger charge is 2.22. The van der Waals surface area contributed by atoms with E-state index in [2.05, 4.69) is 10.6 Å². The molecule has 1 saturated heterocycles. The largest absolute Gasteiger partial charge is 0.394 e. The Bertz CT molecular complexity index is 159. The van der Waals surface area contributed by atoms with Crippen LogP contribution < -0.4 is 10.6 Å². The van der Waals surface area contributed by atoms with Crippen LogP contribution in [0.4, 0.5) is 0 Å². The number of aliphatic hydroxyl groups is 1. The van der Waals surface area contributed by atoms with Gasteiger partial charge < -0.3 is 10.4 Å². The Morgan fingerprint density at radius 2 is 2.67 bits per heavy atom. The van der Waals surface area contributed by atoms with Gasteiger partial charge in [0.05, 0.1) is 12.6 Å². The number of hydrogen-bond acceptors (Lipinski definition) is 4. The van der Waals surface area contributed by atoms with Crippen LogP contribution in [-0.2, 0) is 4.79 Å². The van der Waals surface area contributed by atoms with E-state index in [0.717, 1.165) is 11.6 Å². The van der Waals surface area contributed by atoms with Gasteiger partial charge in [-0.1, -0.05) is 0 Å². The number of amides is 1. The van der Waals surface area contributed by atoms with Gasteiger partial charge in [0.15, 0.2) is 0 Å². The lowest BCUT2D eigenvalue weighted by Crippen LogP contribution is -2.46. The minimum atomic E-state index is -0.148. The SMILES string of the molecule is C[C@H](CO)NC(=O)C1CSCN1. The monoisotopic (exact) mass is 190 g/mol. The van der Waals surface area contributed by atoms with E-state index in [-0.39, 0.29) is 24.6 Å². The van der Waals surface area contributed by atoms with Crippen molar-refractivity contribution < 1.29 is 9.90 Å². The van der Waals surface area contributed by atoms with E-state index in [4.69, 9.17) is 5.11 Å². The van der Waals surface area contributed by atoms with Crippen molar-refractivity contribution in [3.63, 3.8) is 0 Å². The summed E-state index contributed by atoms with van der Waals surface area (Å²) in [5.74, 6) is 1.65. The van der Waals surface area contributed by atoms with E-state index in [0.29, 0.717) is 0 Å². The van der Waals surface area contributed by atoms with Crippen LogP contribution in [-0.4, -0.2) is 41.3 Å². The molecule has 0 bridgehead atoms. The summed E-state index contributed by atoms with van der Waals surface area (Å²) in [6.45, 7) is 1.77. The lowest BCUT2D eigenvalue weighted by atomic mass is 10.3. The van der Waals surface area contributed by atoms with E-state index in [1.54, 1.807) is 18.7 Å². The van der Waals surface area contributed by atoms with E-state index >= 15 is 0 Å². The Hall–Kier alpha value is -0.260. The summed E-state index contributed by atoms with van der Waals surface area (Å²) < 4.78 is 0. The summed E-state index contributed by atoms with van der Waals surface area (Å²) in [5, 5.41) is 14.4. The molecule has 0 saturated carbocycles. The van der Waals surface area contributed by atoms with Crippen molar-refractivity contribution in [1.29, 1.82) is 0 Å². The molecule has 3 N–H and O–H groups in total. The van der Waals surface area contributed by atoms with Crippen LogP contribution in [0.15, 0.2) is 0 Å². The number of carbonyl (C=O) groups is 1. The summed E-state index contributed by atoms with van der Waals surface area (Å²) in [7, 11) is 0. The van der Waals surface area contributed by atoms with Gasteiger partial charge in [-0.2, -0.15) is 0 Å². The first-order valence-corrected chi connectivity index (χ1v) is 5.12. The molecule has 12 heavy (non-hydrogen) atoms. The Morgan fingerprint density at radius 3 is 3.17 bits per heavy atom. The summed E-state index contributed by atoms with van der Waals surface area (Å²) in [6.07, 6.45) is 0. The average molecular weight is 190 g/mol. The Morgan fingerprint density at radius 1 is 1.92 bits per heavy atom. The van der Waals surface area contributed by atoms with Gasteiger partial charge >= 0.3 is 0 Å². The van der Waals surface area contributed by atoms with E-state index < -0.39 is 0 Å². The molecule has 1 unspecified atom stereocenters. The third-order valence-corrected chi connectivity index (χ3v) is 2.64. The summed E-state index contributed by atoms with van der Waals surface area (Å²) in [5.41, 5.74) is 0. The lowest BCUT2D eigenvalue weighted by Gasteiger charge is -2.14. The van der Waals surface area contributed by atoms with Gasteiger partial charge in [-0.25, -0.2) is 0 Å². The predicted octanol–water partition coefficient (Wildman–Crippen LogP) is -0.854. The minimum absolute atomic E-state index is 0.00833. The molecular weight excluding hydrogens is 176 g/mol. The molecule has 0 aromatic rings. The van der Waals surface area contributed by atoms with Gasteiger partial charge in [-0.15, -0.1) is 11.8 Å². The van der Waals surface area contributed by atoms with Crippen molar-refractivity contribution >= 4 is 17.7 Å². The van der Waals surface area contributed by atoms with Crippen LogP contribution in [0.25, 0.3) is 0 Å². The number of carbonyl (C=O) groups excluding carboxylic acids is 1. The molecule has 0 aliphatic carbocycles. The fourth-order valence-electron chi connectivity index (χ4n) is 0.953. The van der Waals surface area contributed by atoms with Crippen LogP contribution in [0.3, 0.4) is 0 Å². The zero-order valence-electron chi connectivity index (χ0n) is 7.04. The van der Waals surface area contributed by atoms with Gasteiger partial charge in [0.1, 0.15) is 0 Å². The van der Waals surface area contributed by atoms with Crippen molar-refractivity contribution in [2.24, 2.45) is 0 Å². The van der Waals surface area contributed by atoms with E-state index in [1.165, 1.54) is 0 Å². The molecule has 0 aromatic carbocycles. The second-order valence-electron chi connectivity index (χ2n) is 2.86. The van der Waals surface area contributed by atoms with Gasteiger partial charge in [-0.05, 0) is 6.92 Å². The molecule has 1 heterocycles. The summed E-state index contributed by atoms with van der Waals surface area (Å²) in [4.78, 5) is 11.3. The topological polar surface area (TPSA) is 61.4 Å². The quantitative estimate of drug-likeness (QED) is 0.542. The summed E-state index contributed by atoms with van der Waals surface area (Å²) in [6, 6.07) is -0.228. The average Bonchev–Trinajstić information content (AvgIpc) is 2.56. The first kappa shape index (κ1) is 9.83. The zero-order valence-corrected chi connectivity index (χ0v) is 7.86. The zero-order chi connectivity index (χ0) is 8.97. The second-order valence-corrected chi connectivity index (χ2v) is 3.89. The highest BCUT2D eigenvalue weighted by molar-refractivity contribution is 7.99. The first-order chi connectivity index (χ1) is 5.74. The number of aliphatic hydroxyl groups excluding tert-OH is 1. The molecular formula is C7H14N2O2S. The maximum Gasteiger partial charge on any atom is 0.238 e. The normalized spacial score (nSPS) is 25.3. The molecule has 2 atom stereocenters. The Kier molecular flexibility index (Phi) is 3.84. The molecule has 0 spiro atoms. The van der Waals surface area contributed by atoms with Crippen LogP contribution in [0, 0.1) is 0 Å². The molecule has 4 nitrogen and oxygen atoms in total. The van der Waals surface area contributed by atoms with Crippen molar-refractivity contribution in [3.8, 4) is 0 Å². The molecule has 1 amide bonds. The van der Waals surface area contributed by atoms with Gasteiger partial charge in [-0.3, -0.25) is 10.1 Å². The maximum atomic E-state index is 11.3. The first-order valence-electron chi connectivity index (χ1n) is 3.96. The predicted molar refractivity (Wildman–Crippen MR) is 48.9 cm³/mol. The fraction of sp³-hybridized carbons (Fsp3) is 0.857. The van der Waals surface area contributed by atoms with Crippen LogP contribution >= 0.6 is 11.8 Å². The second kappa shape index (κ2) is 4.69. The lowest BCUT2D eigenvalue weighted by molar-refractivity contribution is -0.123. The van der Waals surface area contributed by atoms with E-state index in [1.807, 2.05) is 0 Å². The molecule has 70 valence electrons. The van der Waals surface area contributed by atoms with Crippen LogP contribution in [0.2, 0.25) is 0 Å². The standard InChI is InChI=1S/C7H14N2O2S/c1-5(2-10)9-7(11)6-3-12-4-8-6/h5-6,8,10H,2-4H2,1H3,(H,9,11)/t5-,6?/m1/s1. The van der Waals surface area contributed by atoms with Gasteiger partial charge in [0.25, 0.3) is 0 Å². The smallest absolute Gasteiger partial charge is 0.238 e. The number of thioether (sulfide) groups is 1. The van der Waals surface area contributed by atoms with Gasteiger partial charge in [0.2, 0.25) is 5.91 Å². The fourth-order valence-corrected chi connectivity index (χ4v) is 1.89. The Labute approximate surface area is 76.1 Å². The minimum Gasteiger partial charge on any atom is -0.394 e. The molecule has 1 aliphatic heterocycles. The van der Waals surface area contributed by atoms with Crippen LogP contribution in [0.1, 0.15) is 6.92 Å². The highest BCUT2D eigenvalue weighted by atomic mass is 32.2. The van der Waals surface area contributed by atoms with Gasteiger partial charge in [0, 0.05) is 17.7 Å². The third-order valence-electron chi connectivity index (χ3n) is 1.70. The Balaban J connectivity index is 2.27. The molecule has 5 heteroatoms. The third kappa shape index (κ3) is 2.66. The molecule has 1 rings (SSSR count). The van der Waals surface area contributed by atoms with Crippen molar-refractivity contribution in [1.82, 2.24) is 10.6 Å². The van der Waals surface area contributed by atoms with Crippen molar-refractivity contribution in [2.75, 3.05) is 18.2 Å². The summed E-state index contributed by atoms with van der Waals surface area (Å²) >= 11 is 1.71. The number of rotatable bonds is 3. The molecule has 1 aliphatic rings. The van der Waals surface area contributed by atoms with Crippen molar-refractivity contribution in [2.45, 2.75) is 19.0 Å². The number of hydrogen-bond donors (Lipinski definition) is 3. The van der Waals surface area contributed by atoms with Crippen molar-refractivity contribution in [3.05, 3.63) is 0 Å². The van der Waals surface area contributed by atoms with E-state index in [9.17, 15) is 4.79 Å². The molecule has 1 fully saturated rings. The molecule has 0 radical (unpaired) electrons. The molecule has 0 aromatic heterocycles. The van der Waals surface area contributed by atoms with Crippen LogP contribution in [0.5, 0.6) is 0 Å².